The number of aryl methyl sites for hydroxylation is 2. The summed E-state index contributed by atoms with van der Waals surface area (Å²) >= 11 is 1.49. The van der Waals surface area contributed by atoms with Crippen molar-refractivity contribution in [2.24, 2.45) is 0 Å². The molecule has 0 radical (unpaired) electrons. The third-order valence-electron chi connectivity index (χ3n) is 7.01. The molecule has 9 nitrogen and oxygen atoms in total. The van der Waals surface area contributed by atoms with Gasteiger partial charge in [0, 0.05) is 50.1 Å². The molecular formula is C28H32N4O5S. The van der Waals surface area contributed by atoms with E-state index < -0.39 is 4.92 Å². The molecular weight excluding hydrogens is 504 g/mol. The van der Waals surface area contributed by atoms with Crippen LogP contribution in [0.2, 0.25) is 0 Å². The average Bonchev–Trinajstić information content (AvgIpc) is 3.42. The van der Waals surface area contributed by atoms with Crippen LogP contribution in [0.3, 0.4) is 0 Å². The Balaban J connectivity index is 1.23. The van der Waals surface area contributed by atoms with Gasteiger partial charge >= 0.3 is 0 Å². The Morgan fingerprint density at radius 1 is 1.13 bits per heavy atom. The van der Waals surface area contributed by atoms with Crippen molar-refractivity contribution in [2.45, 2.75) is 39.0 Å². The van der Waals surface area contributed by atoms with Gasteiger partial charge in [0.2, 0.25) is 0 Å². The molecule has 200 valence electrons. The van der Waals surface area contributed by atoms with E-state index in [0.29, 0.717) is 37.5 Å². The highest BCUT2D eigenvalue weighted by Crippen LogP contribution is 2.30. The summed E-state index contributed by atoms with van der Waals surface area (Å²) in [5.41, 5.74) is 3.72. The summed E-state index contributed by atoms with van der Waals surface area (Å²) in [6.07, 6.45) is 2.19. The van der Waals surface area contributed by atoms with Crippen molar-refractivity contribution in [2.75, 3.05) is 33.3 Å². The van der Waals surface area contributed by atoms with Crippen LogP contribution in [0.4, 0.5) is 5.69 Å². The van der Waals surface area contributed by atoms with Crippen molar-refractivity contribution in [1.29, 1.82) is 0 Å². The van der Waals surface area contributed by atoms with Crippen molar-refractivity contribution in [3.05, 3.63) is 85.4 Å². The molecule has 0 atom stereocenters. The summed E-state index contributed by atoms with van der Waals surface area (Å²) in [7, 11) is 1.73. The highest BCUT2D eigenvalue weighted by atomic mass is 32.1. The van der Waals surface area contributed by atoms with Crippen molar-refractivity contribution >= 4 is 28.8 Å². The molecule has 1 aromatic heterocycles. The molecule has 0 spiro atoms. The molecule has 2 aromatic carbocycles. The standard InChI is InChI=1S/C28H32N4O5S/c1-19-4-9-24(16-20(19)2)37-17-26(33)31-14-11-22(12-15-31)27-29-25(18-38-27)28(34)30(3)13-10-21-5-7-23(8-6-21)32(35)36/h4-9,16,18,22H,10-15,17H2,1-3H3. The molecule has 1 fully saturated rings. The second-order valence-electron chi connectivity index (χ2n) is 9.66. The second-order valence-corrected chi connectivity index (χ2v) is 10.6. The highest BCUT2D eigenvalue weighted by Gasteiger charge is 2.27. The fourth-order valence-corrected chi connectivity index (χ4v) is 5.33. The van der Waals surface area contributed by atoms with Gasteiger partial charge in [-0.1, -0.05) is 18.2 Å². The number of benzene rings is 2. The molecule has 4 rings (SSSR count). The van der Waals surface area contributed by atoms with Crippen LogP contribution in [0.5, 0.6) is 5.75 Å². The number of carbonyl (C=O) groups excluding carboxylic acids is 2. The number of nitrogens with zero attached hydrogens (tertiary/aromatic N) is 4. The SMILES string of the molecule is Cc1ccc(OCC(=O)N2CCC(c3nc(C(=O)N(C)CCc4ccc([N+](=O)[O-])cc4)cs3)CC2)cc1C. The van der Waals surface area contributed by atoms with Crippen molar-refractivity contribution in [3.63, 3.8) is 0 Å². The van der Waals surface area contributed by atoms with Crippen LogP contribution in [-0.2, 0) is 11.2 Å². The summed E-state index contributed by atoms with van der Waals surface area (Å²) in [6.45, 7) is 5.84. The highest BCUT2D eigenvalue weighted by molar-refractivity contribution is 7.09. The first kappa shape index (κ1) is 27.3. The van der Waals surface area contributed by atoms with E-state index in [1.54, 1.807) is 29.5 Å². The summed E-state index contributed by atoms with van der Waals surface area (Å²) in [4.78, 5) is 44.0. The summed E-state index contributed by atoms with van der Waals surface area (Å²) < 4.78 is 5.71. The largest absolute Gasteiger partial charge is 0.484 e. The topological polar surface area (TPSA) is 106 Å². The fourth-order valence-electron chi connectivity index (χ4n) is 4.37. The summed E-state index contributed by atoms with van der Waals surface area (Å²) in [6, 6.07) is 12.2. The minimum atomic E-state index is -0.428. The van der Waals surface area contributed by atoms with Crippen LogP contribution in [0.15, 0.2) is 47.8 Å². The van der Waals surface area contributed by atoms with Gasteiger partial charge in [0.25, 0.3) is 17.5 Å². The van der Waals surface area contributed by atoms with Crippen LogP contribution in [0.25, 0.3) is 0 Å². The average molecular weight is 537 g/mol. The number of amides is 2. The molecule has 0 saturated carbocycles. The number of hydrogen-bond donors (Lipinski definition) is 0. The van der Waals surface area contributed by atoms with Crippen molar-refractivity contribution < 1.29 is 19.2 Å². The van der Waals surface area contributed by atoms with E-state index in [0.717, 1.165) is 29.0 Å². The Kier molecular flexibility index (Phi) is 8.73. The van der Waals surface area contributed by atoms with Crippen molar-refractivity contribution in [1.82, 2.24) is 14.8 Å². The van der Waals surface area contributed by atoms with Gasteiger partial charge in [-0.3, -0.25) is 19.7 Å². The number of non-ortho nitro benzene ring substituents is 1. The van der Waals surface area contributed by atoms with Crippen LogP contribution in [0, 0.1) is 24.0 Å². The van der Waals surface area contributed by atoms with Gasteiger partial charge in [-0.2, -0.15) is 0 Å². The van der Waals surface area contributed by atoms with Crippen LogP contribution >= 0.6 is 11.3 Å². The molecule has 2 amide bonds. The smallest absolute Gasteiger partial charge is 0.273 e. The normalized spacial score (nSPS) is 13.8. The number of carbonyl (C=O) groups is 2. The van der Waals surface area contributed by atoms with E-state index in [4.69, 9.17) is 4.74 Å². The number of likely N-dealkylation sites (N-methyl/N-ethyl adjacent to an activating group) is 1. The fraction of sp³-hybridized carbons (Fsp3) is 0.393. The Labute approximate surface area is 226 Å². The van der Waals surface area contributed by atoms with E-state index in [1.807, 2.05) is 36.9 Å². The van der Waals surface area contributed by atoms with Gasteiger partial charge in [0.15, 0.2) is 6.61 Å². The number of rotatable bonds is 9. The third-order valence-corrected chi connectivity index (χ3v) is 8.02. The molecule has 3 aromatic rings. The zero-order valence-electron chi connectivity index (χ0n) is 21.9. The number of ether oxygens (including phenoxy) is 1. The molecule has 1 aliphatic heterocycles. The summed E-state index contributed by atoms with van der Waals surface area (Å²) in [5.74, 6) is 0.752. The second kappa shape index (κ2) is 12.2. The number of thiazole rings is 1. The van der Waals surface area contributed by atoms with Gasteiger partial charge < -0.3 is 14.5 Å². The van der Waals surface area contributed by atoms with Gasteiger partial charge in [-0.25, -0.2) is 4.98 Å². The zero-order valence-corrected chi connectivity index (χ0v) is 22.7. The van der Waals surface area contributed by atoms with E-state index in [1.165, 1.54) is 29.0 Å². The van der Waals surface area contributed by atoms with Gasteiger partial charge in [-0.15, -0.1) is 11.3 Å². The lowest BCUT2D eigenvalue weighted by atomic mass is 9.97. The summed E-state index contributed by atoms with van der Waals surface area (Å²) in [5, 5.41) is 13.5. The Morgan fingerprint density at radius 2 is 1.84 bits per heavy atom. The number of aromatic nitrogens is 1. The number of piperidine rings is 1. The third kappa shape index (κ3) is 6.74. The number of likely N-dealkylation sites (tertiary alicyclic amines) is 1. The quantitative estimate of drug-likeness (QED) is 0.288. The lowest BCUT2D eigenvalue weighted by molar-refractivity contribution is -0.384. The van der Waals surface area contributed by atoms with E-state index in [2.05, 4.69) is 4.98 Å². The number of nitro benzene ring substituents is 1. The molecule has 0 aliphatic carbocycles. The van der Waals surface area contributed by atoms with Gasteiger partial charge in [-0.05, 0) is 61.9 Å². The maximum Gasteiger partial charge on any atom is 0.273 e. The van der Waals surface area contributed by atoms with Crippen LogP contribution in [0.1, 0.15) is 50.9 Å². The maximum atomic E-state index is 12.9. The van der Waals surface area contributed by atoms with E-state index >= 15 is 0 Å². The molecule has 2 heterocycles. The maximum absolute atomic E-state index is 12.9. The first-order valence-electron chi connectivity index (χ1n) is 12.6. The minimum absolute atomic E-state index is 0.0219. The van der Waals surface area contributed by atoms with E-state index in [-0.39, 0.29) is 30.0 Å². The molecule has 10 heteroatoms. The van der Waals surface area contributed by atoms with Crippen LogP contribution < -0.4 is 4.74 Å². The van der Waals surface area contributed by atoms with Crippen LogP contribution in [-0.4, -0.2) is 64.8 Å². The van der Waals surface area contributed by atoms with E-state index in [9.17, 15) is 19.7 Å². The lowest BCUT2D eigenvalue weighted by Gasteiger charge is -2.31. The van der Waals surface area contributed by atoms with Gasteiger partial charge in [0.05, 0.1) is 9.93 Å². The Bertz CT molecular complexity index is 1300. The zero-order chi connectivity index (χ0) is 27.2. The Hall–Kier alpha value is -3.79. The first-order valence-corrected chi connectivity index (χ1v) is 13.5. The lowest BCUT2D eigenvalue weighted by Crippen LogP contribution is -2.40. The first-order chi connectivity index (χ1) is 18.2. The van der Waals surface area contributed by atoms with Crippen molar-refractivity contribution in [3.8, 4) is 5.75 Å². The predicted molar refractivity (Wildman–Crippen MR) is 146 cm³/mol. The molecule has 1 aliphatic rings. The molecule has 0 bridgehead atoms. The predicted octanol–water partition coefficient (Wildman–Crippen LogP) is 4.77. The van der Waals surface area contributed by atoms with Gasteiger partial charge in [0.1, 0.15) is 11.4 Å². The molecule has 0 unspecified atom stereocenters. The minimum Gasteiger partial charge on any atom is -0.484 e. The Morgan fingerprint density at radius 3 is 2.50 bits per heavy atom. The molecule has 1 saturated heterocycles. The molecule has 38 heavy (non-hydrogen) atoms. The number of hydrogen-bond acceptors (Lipinski definition) is 7. The molecule has 0 N–H and O–H groups in total. The number of nitro groups is 1. The monoisotopic (exact) mass is 536 g/mol.